The molecule has 1 rings (SSSR count). The highest BCUT2D eigenvalue weighted by Crippen LogP contribution is 2.09. The van der Waals surface area contributed by atoms with Crippen molar-refractivity contribution >= 4 is 0 Å². The van der Waals surface area contributed by atoms with Crippen molar-refractivity contribution in [3.63, 3.8) is 0 Å². The van der Waals surface area contributed by atoms with Crippen LogP contribution in [0.25, 0.3) is 0 Å². The minimum absolute atomic E-state index is 0.692. The summed E-state index contributed by atoms with van der Waals surface area (Å²) < 4.78 is 0. The van der Waals surface area contributed by atoms with E-state index in [1.54, 1.807) is 0 Å². The zero-order chi connectivity index (χ0) is 11.7. The third-order valence-corrected chi connectivity index (χ3v) is 2.07. The monoisotopic (exact) mass is 211 g/mol. The molecule has 1 aliphatic rings. The van der Waals surface area contributed by atoms with Crippen LogP contribution in [0.2, 0.25) is 0 Å². The minimum atomic E-state index is 0.692. The second kappa shape index (κ2) is 8.82. The first-order chi connectivity index (χ1) is 7.02. The van der Waals surface area contributed by atoms with Crippen LogP contribution >= 0.6 is 0 Å². The Labute approximate surface area is 96.6 Å². The predicted octanol–water partition coefficient (Wildman–Crippen LogP) is 4.30. The van der Waals surface area contributed by atoms with Gasteiger partial charge in [0.15, 0.2) is 0 Å². The van der Waals surface area contributed by atoms with E-state index >= 15 is 0 Å². The molecule has 0 unspecified atom stereocenters. The van der Waals surface area contributed by atoms with E-state index in [1.807, 2.05) is 0 Å². The van der Waals surface area contributed by atoms with Gasteiger partial charge >= 0.3 is 0 Å². The Morgan fingerprint density at radius 3 is 1.73 bits per heavy atom. The molecule has 0 atom stereocenters. The number of rotatable bonds is 2. The van der Waals surface area contributed by atoms with E-state index in [0.717, 1.165) is 5.92 Å². The molecule has 1 heterocycles. The number of nitrogens with zero attached hydrogens (tertiary/aromatic N) is 1. The maximum atomic E-state index is 2.43. The number of allylic oxidation sites excluding steroid dienone is 1. The van der Waals surface area contributed by atoms with Gasteiger partial charge in [0.05, 0.1) is 0 Å². The third-order valence-electron chi connectivity index (χ3n) is 2.07. The Morgan fingerprint density at radius 2 is 1.33 bits per heavy atom. The number of hydrogen-bond acceptors (Lipinski definition) is 1. The summed E-state index contributed by atoms with van der Waals surface area (Å²) in [5, 5.41) is 0. The SMILES string of the molecule is CC(C)C.CC(C)C=CN1CCCCC1. The summed E-state index contributed by atoms with van der Waals surface area (Å²) >= 11 is 0. The fourth-order valence-corrected chi connectivity index (χ4v) is 1.36. The van der Waals surface area contributed by atoms with Gasteiger partial charge < -0.3 is 4.90 Å². The van der Waals surface area contributed by atoms with Gasteiger partial charge in [-0.15, -0.1) is 0 Å². The van der Waals surface area contributed by atoms with E-state index < -0.39 is 0 Å². The van der Waals surface area contributed by atoms with Gasteiger partial charge in [-0.3, -0.25) is 0 Å². The van der Waals surface area contributed by atoms with E-state index in [2.05, 4.69) is 51.8 Å². The van der Waals surface area contributed by atoms with Crippen LogP contribution in [0.1, 0.15) is 53.9 Å². The van der Waals surface area contributed by atoms with Crippen molar-refractivity contribution in [2.24, 2.45) is 11.8 Å². The maximum Gasteiger partial charge on any atom is 0.0172 e. The first-order valence-corrected chi connectivity index (χ1v) is 6.44. The molecule has 15 heavy (non-hydrogen) atoms. The molecule has 0 N–H and O–H groups in total. The molecule has 0 bridgehead atoms. The van der Waals surface area contributed by atoms with Crippen molar-refractivity contribution < 1.29 is 0 Å². The molecule has 1 saturated heterocycles. The molecule has 1 heteroatoms. The maximum absolute atomic E-state index is 2.43. The van der Waals surface area contributed by atoms with Crippen LogP contribution in [0, 0.1) is 11.8 Å². The van der Waals surface area contributed by atoms with E-state index in [4.69, 9.17) is 0 Å². The summed E-state index contributed by atoms with van der Waals surface area (Å²) in [6, 6.07) is 0. The highest BCUT2D eigenvalue weighted by Gasteiger charge is 2.04. The minimum Gasteiger partial charge on any atom is -0.378 e. The topological polar surface area (TPSA) is 3.24 Å². The smallest absolute Gasteiger partial charge is 0.0172 e. The van der Waals surface area contributed by atoms with Gasteiger partial charge in [0.2, 0.25) is 0 Å². The van der Waals surface area contributed by atoms with Crippen LogP contribution in [0.4, 0.5) is 0 Å². The molecule has 0 spiro atoms. The van der Waals surface area contributed by atoms with Crippen LogP contribution in [0.3, 0.4) is 0 Å². The van der Waals surface area contributed by atoms with Crippen LogP contribution in [-0.2, 0) is 0 Å². The average molecular weight is 211 g/mol. The molecule has 0 saturated carbocycles. The molecular formula is C14H29N. The van der Waals surface area contributed by atoms with Gasteiger partial charge in [0.25, 0.3) is 0 Å². The van der Waals surface area contributed by atoms with Crippen LogP contribution in [-0.4, -0.2) is 18.0 Å². The van der Waals surface area contributed by atoms with Crippen molar-refractivity contribution in [1.82, 2.24) is 4.90 Å². The summed E-state index contributed by atoms with van der Waals surface area (Å²) in [7, 11) is 0. The average Bonchev–Trinajstić information content (AvgIpc) is 2.15. The molecule has 1 fully saturated rings. The van der Waals surface area contributed by atoms with Gasteiger partial charge in [0, 0.05) is 13.1 Å². The summed E-state index contributed by atoms with van der Waals surface area (Å²) in [6.45, 7) is 13.5. The lowest BCUT2D eigenvalue weighted by atomic mass is 10.1. The number of piperidine rings is 1. The molecular weight excluding hydrogens is 182 g/mol. The quantitative estimate of drug-likeness (QED) is 0.658. The Bertz CT molecular complexity index is 150. The van der Waals surface area contributed by atoms with Crippen molar-refractivity contribution in [3.05, 3.63) is 12.3 Å². The predicted molar refractivity (Wildman–Crippen MR) is 69.9 cm³/mol. The zero-order valence-corrected chi connectivity index (χ0v) is 11.3. The molecule has 0 aliphatic carbocycles. The lowest BCUT2D eigenvalue weighted by Crippen LogP contribution is -2.24. The lowest BCUT2D eigenvalue weighted by molar-refractivity contribution is 0.308. The molecule has 1 nitrogen and oxygen atoms in total. The largest absolute Gasteiger partial charge is 0.378 e. The Hall–Kier alpha value is -0.460. The fraction of sp³-hybridized carbons (Fsp3) is 0.857. The van der Waals surface area contributed by atoms with Gasteiger partial charge in [-0.05, 0) is 37.3 Å². The summed E-state index contributed by atoms with van der Waals surface area (Å²) in [5.74, 6) is 1.52. The second-order valence-electron chi connectivity index (χ2n) is 5.41. The summed E-state index contributed by atoms with van der Waals surface area (Å²) in [6.07, 6.45) is 8.73. The van der Waals surface area contributed by atoms with Gasteiger partial charge in [-0.25, -0.2) is 0 Å². The molecule has 0 amide bonds. The van der Waals surface area contributed by atoms with Crippen molar-refractivity contribution in [2.75, 3.05) is 13.1 Å². The molecule has 1 aliphatic heterocycles. The van der Waals surface area contributed by atoms with Gasteiger partial charge in [0.1, 0.15) is 0 Å². The second-order valence-corrected chi connectivity index (χ2v) is 5.41. The summed E-state index contributed by atoms with van der Waals surface area (Å²) in [5.41, 5.74) is 0. The Morgan fingerprint density at radius 1 is 0.867 bits per heavy atom. The molecule has 90 valence electrons. The highest BCUT2D eigenvalue weighted by atomic mass is 15.1. The van der Waals surface area contributed by atoms with Gasteiger partial charge in [-0.2, -0.15) is 0 Å². The van der Waals surface area contributed by atoms with E-state index in [9.17, 15) is 0 Å². The first-order valence-electron chi connectivity index (χ1n) is 6.44. The first kappa shape index (κ1) is 14.5. The molecule has 0 aromatic rings. The van der Waals surface area contributed by atoms with Crippen LogP contribution in [0.5, 0.6) is 0 Å². The van der Waals surface area contributed by atoms with E-state index in [-0.39, 0.29) is 0 Å². The number of hydrogen-bond donors (Lipinski definition) is 0. The van der Waals surface area contributed by atoms with E-state index in [1.165, 1.54) is 32.4 Å². The molecule has 0 radical (unpaired) electrons. The zero-order valence-electron chi connectivity index (χ0n) is 11.3. The van der Waals surface area contributed by atoms with E-state index in [0.29, 0.717) is 5.92 Å². The molecule has 0 aromatic carbocycles. The fourth-order valence-electron chi connectivity index (χ4n) is 1.36. The molecule has 0 aromatic heterocycles. The van der Waals surface area contributed by atoms with Crippen molar-refractivity contribution in [3.8, 4) is 0 Å². The lowest BCUT2D eigenvalue weighted by Gasteiger charge is -2.24. The Balaban J connectivity index is 0.000000423. The highest BCUT2D eigenvalue weighted by molar-refractivity contribution is 4.86. The van der Waals surface area contributed by atoms with Crippen LogP contribution < -0.4 is 0 Å². The standard InChI is InChI=1S/C10H19N.C4H10/c1-10(2)6-9-11-7-4-3-5-8-11;1-4(2)3/h6,9-10H,3-5,7-8H2,1-2H3;4H,1-3H3. The number of likely N-dealkylation sites (tertiary alicyclic amines) is 1. The van der Waals surface area contributed by atoms with Crippen LogP contribution in [0.15, 0.2) is 12.3 Å². The Kier molecular flexibility index (Phi) is 8.55. The van der Waals surface area contributed by atoms with Crippen molar-refractivity contribution in [2.45, 2.75) is 53.9 Å². The normalized spacial score (nSPS) is 17.1. The van der Waals surface area contributed by atoms with Crippen molar-refractivity contribution in [1.29, 1.82) is 0 Å². The summed E-state index contributed by atoms with van der Waals surface area (Å²) in [4.78, 5) is 2.43. The van der Waals surface area contributed by atoms with Gasteiger partial charge in [-0.1, -0.05) is 40.7 Å². The third kappa shape index (κ3) is 11.5.